The van der Waals surface area contributed by atoms with Crippen LogP contribution in [0.2, 0.25) is 0 Å². The van der Waals surface area contributed by atoms with Gasteiger partial charge in [0.25, 0.3) is 0 Å². The molecule has 1 aromatic heterocycles. The first-order valence-electron chi connectivity index (χ1n) is 7.04. The van der Waals surface area contributed by atoms with Gasteiger partial charge in [-0.3, -0.25) is 0 Å². The molecule has 0 spiro atoms. The number of aromatic amines is 1. The van der Waals surface area contributed by atoms with Gasteiger partial charge in [-0.15, -0.1) is 0 Å². The molecule has 0 radical (unpaired) electrons. The maximum absolute atomic E-state index is 3.63. The smallest absolute Gasteiger partial charge is 0.0181 e. The fourth-order valence-corrected chi connectivity index (χ4v) is 3.02. The summed E-state index contributed by atoms with van der Waals surface area (Å²) in [6.45, 7) is 5.93. The second-order valence-electron chi connectivity index (χ2n) is 5.35. The Morgan fingerprint density at radius 2 is 1.94 bits per heavy atom. The minimum absolute atomic E-state index is 1.15. The van der Waals surface area contributed by atoms with Crippen molar-refractivity contribution in [2.24, 2.45) is 0 Å². The Morgan fingerprint density at radius 1 is 1.12 bits per heavy atom. The molecule has 17 heavy (non-hydrogen) atoms. The fraction of sp³-hybridized carbons (Fsp3) is 0.714. The van der Waals surface area contributed by atoms with Gasteiger partial charge in [0.1, 0.15) is 0 Å². The number of aromatic nitrogens is 1. The van der Waals surface area contributed by atoms with E-state index in [-0.39, 0.29) is 0 Å². The molecule has 0 amide bonds. The van der Waals surface area contributed by atoms with Crippen LogP contribution in [0, 0.1) is 0 Å². The van der Waals surface area contributed by atoms with Crippen LogP contribution in [0.25, 0.3) is 0 Å². The lowest BCUT2D eigenvalue weighted by atomic mass is 9.98. The Morgan fingerprint density at radius 3 is 2.76 bits per heavy atom. The molecule has 0 aromatic carbocycles. The third-order valence-electron chi connectivity index (χ3n) is 4.08. The van der Waals surface area contributed by atoms with E-state index >= 15 is 0 Å². The minimum Gasteiger partial charge on any atom is -0.362 e. The molecule has 2 heterocycles. The lowest BCUT2D eigenvalue weighted by molar-refractivity contribution is 0.243. The third kappa shape index (κ3) is 2.72. The van der Waals surface area contributed by atoms with Crippen molar-refractivity contribution >= 4 is 0 Å². The molecule has 1 aliphatic heterocycles. The van der Waals surface area contributed by atoms with Gasteiger partial charge >= 0.3 is 0 Å². The zero-order valence-corrected chi connectivity index (χ0v) is 10.6. The molecule has 0 unspecified atom stereocenters. The van der Waals surface area contributed by atoms with Crippen molar-refractivity contribution in [1.82, 2.24) is 15.2 Å². The molecule has 1 aromatic rings. The van der Waals surface area contributed by atoms with Gasteiger partial charge in [0, 0.05) is 50.5 Å². The number of nitrogens with one attached hydrogen (secondary N) is 2. The van der Waals surface area contributed by atoms with Crippen LogP contribution in [-0.2, 0) is 19.3 Å². The molecule has 3 rings (SSSR count). The van der Waals surface area contributed by atoms with Gasteiger partial charge in [0.2, 0.25) is 0 Å². The van der Waals surface area contributed by atoms with Crippen molar-refractivity contribution in [2.45, 2.75) is 32.1 Å². The van der Waals surface area contributed by atoms with Crippen LogP contribution in [0.15, 0.2) is 6.07 Å². The topological polar surface area (TPSA) is 31.1 Å². The van der Waals surface area contributed by atoms with Gasteiger partial charge in [-0.2, -0.15) is 0 Å². The van der Waals surface area contributed by atoms with E-state index in [4.69, 9.17) is 0 Å². The van der Waals surface area contributed by atoms with Crippen LogP contribution in [0.4, 0.5) is 0 Å². The van der Waals surface area contributed by atoms with Crippen molar-refractivity contribution in [3.8, 4) is 0 Å². The zero-order chi connectivity index (χ0) is 11.5. The number of nitrogens with zero attached hydrogens (tertiary/aromatic N) is 1. The number of hydrogen-bond donors (Lipinski definition) is 2. The van der Waals surface area contributed by atoms with Crippen LogP contribution in [0.5, 0.6) is 0 Å². The van der Waals surface area contributed by atoms with Crippen molar-refractivity contribution in [3.05, 3.63) is 23.0 Å². The summed E-state index contributed by atoms with van der Waals surface area (Å²) in [4.78, 5) is 6.20. The first kappa shape index (κ1) is 11.3. The van der Waals surface area contributed by atoms with E-state index in [0.29, 0.717) is 0 Å². The van der Waals surface area contributed by atoms with Crippen LogP contribution in [-0.4, -0.2) is 42.6 Å². The van der Waals surface area contributed by atoms with E-state index in [0.717, 1.165) is 13.1 Å². The predicted octanol–water partition coefficient (Wildman–Crippen LogP) is 1.34. The van der Waals surface area contributed by atoms with Crippen molar-refractivity contribution in [1.29, 1.82) is 0 Å². The van der Waals surface area contributed by atoms with E-state index in [9.17, 15) is 0 Å². The number of rotatable bonds is 3. The summed E-state index contributed by atoms with van der Waals surface area (Å²) in [5.74, 6) is 0. The van der Waals surface area contributed by atoms with Gasteiger partial charge in [0.15, 0.2) is 0 Å². The van der Waals surface area contributed by atoms with E-state index < -0.39 is 0 Å². The molecule has 3 heteroatoms. The molecule has 3 nitrogen and oxygen atoms in total. The van der Waals surface area contributed by atoms with E-state index in [1.54, 1.807) is 5.56 Å². The maximum atomic E-state index is 3.63. The first-order chi connectivity index (χ1) is 8.42. The predicted molar refractivity (Wildman–Crippen MR) is 70.4 cm³/mol. The summed E-state index contributed by atoms with van der Waals surface area (Å²) in [6, 6.07) is 2.41. The maximum Gasteiger partial charge on any atom is 0.0181 e. The summed E-state index contributed by atoms with van der Waals surface area (Å²) < 4.78 is 0. The standard InChI is InChI=1S/C14H23N3/c1-2-4-14-12(3-1)11-13(16-14)5-8-17-9-6-15-7-10-17/h11,15-16H,1-10H2. The highest BCUT2D eigenvalue weighted by Crippen LogP contribution is 2.21. The van der Waals surface area contributed by atoms with E-state index in [1.807, 2.05) is 0 Å². The summed E-state index contributed by atoms with van der Waals surface area (Å²) in [7, 11) is 0. The number of aryl methyl sites for hydroxylation is 2. The van der Waals surface area contributed by atoms with Gasteiger partial charge in [-0.05, 0) is 37.3 Å². The number of H-pyrrole nitrogens is 1. The van der Waals surface area contributed by atoms with Crippen LogP contribution < -0.4 is 5.32 Å². The van der Waals surface area contributed by atoms with Crippen molar-refractivity contribution in [2.75, 3.05) is 32.7 Å². The number of piperazine rings is 1. The lowest BCUT2D eigenvalue weighted by Crippen LogP contribution is -2.44. The third-order valence-corrected chi connectivity index (χ3v) is 4.08. The molecular formula is C14H23N3. The minimum atomic E-state index is 1.15. The molecular weight excluding hydrogens is 210 g/mol. The monoisotopic (exact) mass is 233 g/mol. The highest BCUT2D eigenvalue weighted by Gasteiger charge is 2.14. The molecule has 2 N–H and O–H groups in total. The van der Waals surface area contributed by atoms with Crippen molar-refractivity contribution < 1.29 is 0 Å². The van der Waals surface area contributed by atoms with Gasteiger partial charge in [0.05, 0.1) is 0 Å². The average Bonchev–Trinajstić information content (AvgIpc) is 2.80. The summed E-state index contributed by atoms with van der Waals surface area (Å²) in [6.07, 6.45) is 6.49. The Bertz CT molecular complexity index is 340. The fourth-order valence-electron chi connectivity index (χ4n) is 3.02. The normalized spacial score (nSPS) is 21.4. The Labute approximate surface area is 104 Å². The van der Waals surface area contributed by atoms with Gasteiger partial charge in [-0.25, -0.2) is 0 Å². The van der Waals surface area contributed by atoms with Crippen molar-refractivity contribution in [3.63, 3.8) is 0 Å². The van der Waals surface area contributed by atoms with E-state index in [1.165, 1.54) is 63.1 Å². The van der Waals surface area contributed by atoms with Crippen LogP contribution >= 0.6 is 0 Å². The second-order valence-corrected chi connectivity index (χ2v) is 5.35. The first-order valence-corrected chi connectivity index (χ1v) is 7.04. The molecule has 1 saturated heterocycles. The molecule has 1 aliphatic carbocycles. The molecule has 0 saturated carbocycles. The Kier molecular flexibility index (Phi) is 3.48. The average molecular weight is 233 g/mol. The summed E-state index contributed by atoms with van der Waals surface area (Å²) in [5.41, 5.74) is 4.56. The summed E-state index contributed by atoms with van der Waals surface area (Å²) >= 11 is 0. The van der Waals surface area contributed by atoms with Crippen LogP contribution in [0.3, 0.4) is 0 Å². The molecule has 1 fully saturated rings. The van der Waals surface area contributed by atoms with Gasteiger partial charge < -0.3 is 15.2 Å². The highest BCUT2D eigenvalue weighted by atomic mass is 15.2. The number of hydrogen-bond acceptors (Lipinski definition) is 2. The Hall–Kier alpha value is -0.800. The van der Waals surface area contributed by atoms with E-state index in [2.05, 4.69) is 21.3 Å². The lowest BCUT2D eigenvalue weighted by Gasteiger charge is -2.26. The van der Waals surface area contributed by atoms with Crippen LogP contribution in [0.1, 0.15) is 29.8 Å². The SMILES string of the molecule is c1c(CCN2CCNCC2)[nH]c2c1CCCC2. The Balaban J connectivity index is 1.55. The summed E-state index contributed by atoms with van der Waals surface area (Å²) in [5, 5.41) is 3.40. The second kappa shape index (κ2) is 5.23. The molecule has 0 atom stereocenters. The molecule has 2 aliphatic rings. The molecule has 94 valence electrons. The van der Waals surface area contributed by atoms with Gasteiger partial charge in [-0.1, -0.05) is 0 Å². The molecule has 0 bridgehead atoms. The number of fused-ring (bicyclic) bond motifs is 1. The zero-order valence-electron chi connectivity index (χ0n) is 10.6. The highest BCUT2D eigenvalue weighted by molar-refractivity contribution is 5.28. The largest absolute Gasteiger partial charge is 0.362 e. The quantitative estimate of drug-likeness (QED) is 0.825.